The highest BCUT2D eigenvalue weighted by Crippen LogP contribution is 2.36. The maximum absolute atomic E-state index is 13.7. The second-order valence-electron chi connectivity index (χ2n) is 7.47. The molecule has 0 saturated carbocycles. The summed E-state index contributed by atoms with van der Waals surface area (Å²) in [5.74, 6) is 0.152. The molecule has 0 fully saturated rings. The molecule has 0 amide bonds. The fourth-order valence-corrected chi connectivity index (χ4v) is 4.72. The SMILES string of the molecule is CCOC(=O)c1sc2nc(-c3ccc(C)cc3C)c(NCc3cccc(F)c3)n2c1C. The van der Waals surface area contributed by atoms with E-state index in [-0.39, 0.29) is 11.8 Å². The predicted octanol–water partition coefficient (Wildman–Crippen LogP) is 5.92. The van der Waals surface area contributed by atoms with Crippen LogP contribution in [0.3, 0.4) is 0 Å². The van der Waals surface area contributed by atoms with Crippen molar-refractivity contribution in [3.05, 3.63) is 75.5 Å². The first-order valence-electron chi connectivity index (χ1n) is 10.1. The van der Waals surface area contributed by atoms with Gasteiger partial charge in [-0.15, -0.1) is 0 Å². The van der Waals surface area contributed by atoms with Crippen LogP contribution in [0.25, 0.3) is 16.2 Å². The van der Waals surface area contributed by atoms with E-state index >= 15 is 0 Å². The van der Waals surface area contributed by atoms with Gasteiger partial charge in [-0.25, -0.2) is 14.2 Å². The predicted molar refractivity (Wildman–Crippen MR) is 122 cm³/mol. The monoisotopic (exact) mass is 437 g/mol. The number of carbonyl (C=O) groups is 1. The van der Waals surface area contributed by atoms with E-state index in [2.05, 4.69) is 37.4 Å². The third-order valence-corrected chi connectivity index (χ3v) is 6.27. The Morgan fingerprint density at radius 3 is 2.71 bits per heavy atom. The Kier molecular flexibility index (Phi) is 5.78. The van der Waals surface area contributed by atoms with E-state index in [0.29, 0.717) is 23.0 Å². The number of imidazole rings is 1. The van der Waals surface area contributed by atoms with Gasteiger partial charge in [-0.2, -0.15) is 0 Å². The molecule has 5 nitrogen and oxygen atoms in total. The largest absolute Gasteiger partial charge is 0.462 e. The number of aryl methyl sites for hydroxylation is 3. The maximum atomic E-state index is 13.7. The lowest BCUT2D eigenvalue weighted by Crippen LogP contribution is -2.07. The molecule has 2 aromatic carbocycles. The Morgan fingerprint density at radius 1 is 1.19 bits per heavy atom. The third-order valence-electron chi connectivity index (χ3n) is 5.15. The van der Waals surface area contributed by atoms with Gasteiger partial charge in [-0.1, -0.05) is 47.2 Å². The molecule has 4 aromatic rings. The van der Waals surface area contributed by atoms with E-state index in [0.717, 1.165) is 33.9 Å². The molecule has 0 atom stereocenters. The Balaban J connectivity index is 1.84. The van der Waals surface area contributed by atoms with Crippen molar-refractivity contribution >= 4 is 28.1 Å². The van der Waals surface area contributed by atoms with E-state index in [1.807, 2.05) is 17.4 Å². The van der Waals surface area contributed by atoms with Crippen molar-refractivity contribution in [2.24, 2.45) is 0 Å². The molecule has 4 rings (SSSR count). The van der Waals surface area contributed by atoms with Gasteiger partial charge in [0.15, 0.2) is 4.96 Å². The average molecular weight is 438 g/mol. The van der Waals surface area contributed by atoms with Gasteiger partial charge in [0.05, 0.1) is 6.61 Å². The number of rotatable bonds is 6. The number of nitrogens with zero attached hydrogens (tertiary/aromatic N) is 2. The molecule has 0 spiro atoms. The van der Waals surface area contributed by atoms with Crippen molar-refractivity contribution in [2.75, 3.05) is 11.9 Å². The molecule has 160 valence electrons. The summed E-state index contributed by atoms with van der Waals surface area (Å²) < 4.78 is 20.8. The minimum Gasteiger partial charge on any atom is -0.462 e. The molecule has 0 aliphatic carbocycles. The summed E-state index contributed by atoms with van der Waals surface area (Å²) in [6.07, 6.45) is 0. The van der Waals surface area contributed by atoms with Crippen molar-refractivity contribution in [2.45, 2.75) is 34.2 Å². The lowest BCUT2D eigenvalue weighted by Gasteiger charge is -2.12. The molecule has 0 radical (unpaired) electrons. The Morgan fingerprint density at radius 2 is 2.00 bits per heavy atom. The van der Waals surface area contributed by atoms with Crippen LogP contribution < -0.4 is 5.32 Å². The van der Waals surface area contributed by atoms with Crippen LogP contribution >= 0.6 is 11.3 Å². The van der Waals surface area contributed by atoms with Crippen LogP contribution in [-0.2, 0) is 11.3 Å². The van der Waals surface area contributed by atoms with Crippen molar-refractivity contribution in [1.82, 2.24) is 9.38 Å². The minimum absolute atomic E-state index is 0.274. The first-order chi connectivity index (χ1) is 14.9. The number of hydrogen-bond acceptors (Lipinski definition) is 5. The number of fused-ring (bicyclic) bond motifs is 1. The van der Waals surface area contributed by atoms with Gasteiger partial charge in [0, 0.05) is 17.8 Å². The number of halogens is 1. The number of aromatic nitrogens is 2. The maximum Gasteiger partial charge on any atom is 0.350 e. The summed E-state index contributed by atoms with van der Waals surface area (Å²) >= 11 is 1.31. The average Bonchev–Trinajstić information content (AvgIpc) is 3.23. The highest BCUT2D eigenvalue weighted by molar-refractivity contribution is 7.19. The van der Waals surface area contributed by atoms with Crippen LogP contribution in [0, 0.1) is 26.6 Å². The highest BCUT2D eigenvalue weighted by atomic mass is 32.1. The van der Waals surface area contributed by atoms with E-state index in [9.17, 15) is 9.18 Å². The van der Waals surface area contributed by atoms with Crippen molar-refractivity contribution in [3.63, 3.8) is 0 Å². The standard InChI is InChI=1S/C24H24FN3O2S/c1-5-30-23(29)21-16(4)28-22(26-13-17-7-6-8-18(25)12-17)20(27-24(28)31-21)19-10-9-14(2)11-15(19)3/h6-12,26H,5,13H2,1-4H3. The lowest BCUT2D eigenvalue weighted by molar-refractivity contribution is 0.0531. The first kappa shape index (κ1) is 21.1. The van der Waals surface area contributed by atoms with Crippen LogP contribution in [0.4, 0.5) is 10.2 Å². The van der Waals surface area contributed by atoms with Crippen molar-refractivity contribution < 1.29 is 13.9 Å². The zero-order valence-corrected chi connectivity index (χ0v) is 18.8. The third kappa shape index (κ3) is 4.05. The molecule has 31 heavy (non-hydrogen) atoms. The molecule has 0 bridgehead atoms. The number of hydrogen-bond donors (Lipinski definition) is 1. The van der Waals surface area contributed by atoms with Gasteiger partial charge < -0.3 is 10.1 Å². The molecule has 2 heterocycles. The minimum atomic E-state index is -0.348. The summed E-state index contributed by atoms with van der Waals surface area (Å²) in [6, 6.07) is 12.7. The molecule has 7 heteroatoms. The number of benzene rings is 2. The summed E-state index contributed by atoms with van der Waals surface area (Å²) in [4.78, 5) is 18.5. The summed E-state index contributed by atoms with van der Waals surface area (Å²) in [5, 5.41) is 3.43. The van der Waals surface area contributed by atoms with Gasteiger partial charge >= 0.3 is 5.97 Å². The molecular formula is C24H24FN3O2S. The van der Waals surface area contributed by atoms with Gasteiger partial charge in [-0.3, -0.25) is 4.40 Å². The number of carbonyl (C=O) groups excluding carboxylic acids is 1. The molecule has 0 aliphatic rings. The molecular weight excluding hydrogens is 413 g/mol. The van der Waals surface area contributed by atoms with Crippen LogP contribution in [-0.4, -0.2) is 22.0 Å². The topological polar surface area (TPSA) is 55.6 Å². The van der Waals surface area contributed by atoms with Gasteiger partial charge in [0.1, 0.15) is 22.2 Å². The smallest absolute Gasteiger partial charge is 0.350 e. The summed E-state index contributed by atoms with van der Waals surface area (Å²) in [5.41, 5.74) is 5.70. The highest BCUT2D eigenvalue weighted by Gasteiger charge is 2.24. The van der Waals surface area contributed by atoms with Gasteiger partial charge in [0.25, 0.3) is 0 Å². The molecule has 0 unspecified atom stereocenters. The lowest BCUT2D eigenvalue weighted by atomic mass is 10.0. The molecule has 0 saturated heterocycles. The van der Waals surface area contributed by atoms with E-state index < -0.39 is 0 Å². The second kappa shape index (κ2) is 8.51. The second-order valence-corrected chi connectivity index (χ2v) is 8.44. The number of esters is 1. The molecule has 0 aliphatic heterocycles. The Labute approximate surface area is 184 Å². The fraction of sp³-hybridized carbons (Fsp3) is 0.250. The Bertz CT molecular complexity index is 1280. The van der Waals surface area contributed by atoms with E-state index in [4.69, 9.17) is 9.72 Å². The van der Waals surface area contributed by atoms with Crippen LogP contribution in [0.1, 0.15) is 39.0 Å². The first-order valence-corrected chi connectivity index (χ1v) is 11.0. The van der Waals surface area contributed by atoms with Crippen molar-refractivity contribution in [1.29, 1.82) is 0 Å². The number of nitrogens with one attached hydrogen (secondary N) is 1. The summed E-state index contributed by atoms with van der Waals surface area (Å²) in [7, 11) is 0. The van der Waals surface area contributed by atoms with Crippen LogP contribution in [0.5, 0.6) is 0 Å². The molecule has 2 aromatic heterocycles. The fourth-order valence-electron chi connectivity index (χ4n) is 3.70. The Hall–Kier alpha value is -3.19. The molecule has 1 N–H and O–H groups in total. The van der Waals surface area contributed by atoms with Crippen LogP contribution in [0.15, 0.2) is 42.5 Å². The van der Waals surface area contributed by atoms with E-state index in [1.54, 1.807) is 13.0 Å². The zero-order chi connectivity index (χ0) is 22.1. The normalized spacial score (nSPS) is 11.1. The number of ether oxygens (including phenoxy) is 1. The quantitative estimate of drug-likeness (QED) is 0.381. The number of thiazole rings is 1. The van der Waals surface area contributed by atoms with Crippen molar-refractivity contribution in [3.8, 4) is 11.3 Å². The summed E-state index contributed by atoms with van der Waals surface area (Å²) in [6.45, 7) is 8.53. The van der Waals surface area contributed by atoms with Gasteiger partial charge in [0.2, 0.25) is 0 Å². The van der Waals surface area contributed by atoms with Gasteiger partial charge in [-0.05, 0) is 51.0 Å². The van der Waals surface area contributed by atoms with E-state index in [1.165, 1.54) is 29.0 Å². The van der Waals surface area contributed by atoms with Crippen LogP contribution in [0.2, 0.25) is 0 Å². The zero-order valence-electron chi connectivity index (χ0n) is 18.0. The number of anilines is 1.